The number of nitrogens with zero attached hydrogens (tertiary/aromatic N) is 1. The lowest BCUT2D eigenvalue weighted by Crippen LogP contribution is -2.28. The summed E-state index contributed by atoms with van der Waals surface area (Å²) in [6.45, 7) is 11.9. The first kappa shape index (κ1) is 20.8. The molecular weight excluding hydrogens is 365 g/mol. The fraction of sp³-hybridized carbons (Fsp3) is 0.333. The van der Waals surface area contributed by atoms with E-state index in [0.29, 0.717) is 11.3 Å². The number of fused-ring (bicyclic) bond motifs is 1. The maximum atomic E-state index is 13.5. The molecule has 0 bridgehead atoms. The summed E-state index contributed by atoms with van der Waals surface area (Å²) in [4.78, 5) is 12.5. The highest BCUT2D eigenvalue weighted by Crippen LogP contribution is 2.36. The van der Waals surface area contributed by atoms with E-state index in [4.69, 9.17) is 5.41 Å². The smallest absolute Gasteiger partial charge is 0.229 e. The predicted molar refractivity (Wildman–Crippen MR) is 118 cm³/mol. The molecule has 0 aliphatic heterocycles. The molecule has 0 fully saturated rings. The zero-order valence-electron chi connectivity index (χ0n) is 17.9. The number of carbonyl (C=O) groups is 1. The molecule has 0 radical (unpaired) electrons. The van der Waals surface area contributed by atoms with Crippen molar-refractivity contribution in [3.05, 3.63) is 59.0 Å². The van der Waals surface area contributed by atoms with Crippen LogP contribution in [-0.4, -0.2) is 16.7 Å². The zero-order valence-corrected chi connectivity index (χ0v) is 17.9. The number of hydrogen-bond donors (Lipinski definition) is 2. The predicted octanol–water partition coefficient (Wildman–Crippen LogP) is 6.18. The molecule has 3 aromatic rings. The van der Waals surface area contributed by atoms with E-state index in [1.54, 1.807) is 12.1 Å². The zero-order chi connectivity index (χ0) is 21.5. The standard InChI is InChI=1S/C24H28FN3O/c1-14(2)22-15(3)19-12-20(27-23(29)24(4,5)6)16(13-26)11-21(19)28(22)18-9-7-17(25)8-10-18/h7-14,26H,1-6H3,(H,27,29). The summed E-state index contributed by atoms with van der Waals surface area (Å²) in [5.41, 5.74) is 4.77. The number of aryl methyl sites for hydroxylation is 1. The summed E-state index contributed by atoms with van der Waals surface area (Å²) in [5.74, 6) is -0.136. The van der Waals surface area contributed by atoms with Crippen LogP contribution in [0.4, 0.5) is 10.1 Å². The van der Waals surface area contributed by atoms with Crippen LogP contribution in [0.2, 0.25) is 0 Å². The number of rotatable bonds is 4. The van der Waals surface area contributed by atoms with Crippen LogP contribution in [0, 0.1) is 23.6 Å². The van der Waals surface area contributed by atoms with Gasteiger partial charge in [0.25, 0.3) is 0 Å². The first-order valence-electron chi connectivity index (χ1n) is 9.81. The number of anilines is 1. The van der Waals surface area contributed by atoms with Gasteiger partial charge >= 0.3 is 0 Å². The third-order valence-electron chi connectivity index (χ3n) is 5.15. The number of nitrogens with one attached hydrogen (secondary N) is 2. The molecule has 0 unspecified atom stereocenters. The molecular formula is C24H28FN3O. The van der Waals surface area contributed by atoms with E-state index < -0.39 is 5.41 Å². The van der Waals surface area contributed by atoms with Gasteiger partial charge in [0.1, 0.15) is 5.82 Å². The Kier molecular flexibility index (Phi) is 5.35. The molecule has 0 saturated carbocycles. The topological polar surface area (TPSA) is 57.9 Å². The number of carbonyl (C=O) groups excluding carboxylic acids is 1. The molecule has 0 aliphatic carbocycles. The van der Waals surface area contributed by atoms with Crippen molar-refractivity contribution in [1.29, 1.82) is 5.41 Å². The van der Waals surface area contributed by atoms with Crippen molar-refractivity contribution >= 4 is 28.7 Å². The quantitative estimate of drug-likeness (QED) is 0.511. The minimum Gasteiger partial charge on any atom is -0.325 e. The third-order valence-corrected chi connectivity index (χ3v) is 5.15. The van der Waals surface area contributed by atoms with Gasteiger partial charge < -0.3 is 15.3 Å². The molecule has 2 aromatic carbocycles. The number of aromatic nitrogens is 1. The fourth-order valence-electron chi connectivity index (χ4n) is 3.62. The van der Waals surface area contributed by atoms with Crippen LogP contribution in [0.5, 0.6) is 0 Å². The van der Waals surface area contributed by atoms with Crippen LogP contribution in [0.3, 0.4) is 0 Å². The van der Waals surface area contributed by atoms with Gasteiger partial charge in [-0.15, -0.1) is 0 Å². The average Bonchev–Trinajstić information content (AvgIpc) is 2.93. The molecule has 1 aromatic heterocycles. The molecule has 4 nitrogen and oxygen atoms in total. The number of benzene rings is 2. The molecule has 1 amide bonds. The maximum absolute atomic E-state index is 13.5. The van der Waals surface area contributed by atoms with Crippen LogP contribution < -0.4 is 5.32 Å². The Balaban J connectivity index is 2.29. The second-order valence-electron chi connectivity index (χ2n) is 8.78. The van der Waals surface area contributed by atoms with Crippen LogP contribution in [-0.2, 0) is 4.79 Å². The van der Waals surface area contributed by atoms with Crippen LogP contribution in [0.15, 0.2) is 36.4 Å². The van der Waals surface area contributed by atoms with E-state index in [0.717, 1.165) is 27.8 Å². The lowest BCUT2D eigenvalue weighted by atomic mass is 9.95. The normalized spacial score (nSPS) is 11.9. The van der Waals surface area contributed by atoms with Crippen molar-refractivity contribution in [3.8, 4) is 5.69 Å². The van der Waals surface area contributed by atoms with E-state index in [2.05, 4.69) is 30.7 Å². The number of amides is 1. The molecule has 2 N–H and O–H groups in total. The van der Waals surface area contributed by atoms with E-state index >= 15 is 0 Å². The summed E-state index contributed by atoms with van der Waals surface area (Å²) >= 11 is 0. The summed E-state index contributed by atoms with van der Waals surface area (Å²) in [5, 5.41) is 11.9. The summed E-state index contributed by atoms with van der Waals surface area (Å²) < 4.78 is 15.6. The number of hydrogen-bond acceptors (Lipinski definition) is 2. The minimum atomic E-state index is -0.535. The van der Waals surface area contributed by atoms with E-state index in [9.17, 15) is 9.18 Å². The Morgan fingerprint density at radius 1 is 1.17 bits per heavy atom. The van der Waals surface area contributed by atoms with Crippen molar-refractivity contribution in [2.75, 3.05) is 5.32 Å². The highest BCUT2D eigenvalue weighted by molar-refractivity contribution is 6.04. The Labute approximate surface area is 171 Å². The van der Waals surface area contributed by atoms with Gasteiger partial charge in [-0.3, -0.25) is 4.79 Å². The molecule has 5 heteroatoms. The van der Waals surface area contributed by atoms with Crippen molar-refractivity contribution in [1.82, 2.24) is 4.57 Å². The van der Waals surface area contributed by atoms with Crippen molar-refractivity contribution < 1.29 is 9.18 Å². The highest BCUT2D eigenvalue weighted by atomic mass is 19.1. The maximum Gasteiger partial charge on any atom is 0.229 e. The Morgan fingerprint density at radius 2 is 1.79 bits per heavy atom. The first-order valence-corrected chi connectivity index (χ1v) is 9.81. The van der Waals surface area contributed by atoms with Gasteiger partial charge in [-0.1, -0.05) is 34.6 Å². The Hall–Kier alpha value is -2.95. The number of halogens is 1. The minimum absolute atomic E-state index is 0.0975. The fourth-order valence-corrected chi connectivity index (χ4v) is 3.62. The van der Waals surface area contributed by atoms with Gasteiger partial charge in [-0.25, -0.2) is 4.39 Å². The monoisotopic (exact) mass is 393 g/mol. The van der Waals surface area contributed by atoms with Crippen molar-refractivity contribution in [2.45, 2.75) is 47.5 Å². The van der Waals surface area contributed by atoms with Gasteiger partial charge in [0, 0.05) is 34.0 Å². The Bertz CT molecular complexity index is 1090. The lowest BCUT2D eigenvalue weighted by Gasteiger charge is -2.19. The molecule has 0 aliphatic rings. The van der Waals surface area contributed by atoms with Gasteiger partial charge in [-0.05, 0) is 54.8 Å². The molecule has 1 heterocycles. The van der Waals surface area contributed by atoms with Gasteiger partial charge in [0.2, 0.25) is 5.91 Å². The first-order chi connectivity index (χ1) is 13.5. The van der Waals surface area contributed by atoms with Crippen molar-refractivity contribution in [2.24, 2.45) is 5.41 Å². The van der Waals surface area contributed by atoms with E-state index in [1.165, 1.54) is 18.3 Å². The Morgan fingerprint density at radius 3 is 2.31 bits per heavy atom. The third kappa shape index (κ3) is 3.82. The van der Waals surface area contributed by atoms with Gasteiger partial charge in [0.15, 0.2) is 0 Å². The average molecular weight is 394 g/mol. The highest BCUT2D eigenvalue weighted by Gasteiger charge is 2.24. The van der Waals surface area contributed by atoms with Gasteiger partial charge in [-0.2, -0.15) is 0 Å². The second-order valence-corrected chi connectivity index (χ2v) is 8.78. The van der Waals surface area contributed by atoms with E-state index in [1.807, 2.05) is 32.9 Å². The second kappa shape index (κ2) is 7.47. The largest absolute Gasteiger partial charge is 0.325 e. The van der Waals surface area contributed by atoms with Crippen LogP contribution in [0.25, 0.3) is 16.6 Å². The van der Waals surface area contributed by atoms with Crippen molar-refractivity contribution in [3.63, 3.8) is 0 Å². The molecule has 3 rings (SSSR count). The lowest BCUT2D eigenvalue weighted by molar-refractivity contribution is -0.123. The summed E-state index contributed by atoms with van der Waals surface area (Å²) in [6, 6.07) is 10.3. The van der Waals surface area contributed by atoms with Crippen LogP contribution >= 0.6 is 0 Å². The summed E-state index contributed by atoms with van der Waals surface area (Å²) in [7, 11) is 0. The molecule has 152 valence electrons. The molecule has 0 spiro atoms. The molecule has 0 atom stereocenters. The SMILES string of the molecule is Cc1c(C(C)C)n(-c2ccc(F)cc2)c2cc(C=N)c(NC(=O)C(C)(C)C)cc12. The molecule has 0 saturated heterocycles. The van der Waals surface area contributed by atoms with Crippen LogP contribution in [0.1, 0.15) is 57.4 Å². The van der Waals surface area contributed by atoms with Gasteiger partial charge in [0.05, 0.1) is 11.2 Å². The van der Waals surface area contributed by atoms with E-state index in [-0.39, 0.29) is 17.6 Å². The summed E-state index contributed by atoms with van der Waals surface area (Å²) in [6.07, 6.45) is 1.25. The molecule has 29 heavy (non-hydrogen) atoms.